The molecule has 1 rings (SSSR count). The first-order valence-corrected chi connectivity index (χ1v) is 4.66. The van der Waals surface area contributed by atoms with Gasteiger partial charge >= 0.3 is 5.97 Å². The third-order valence-electron chi connectivity index (χ3n) is 1.72. The van der Waals surface area contributed by atoms with E-state index in [1.165, 1.54) is 0 Å². The molecule has 1 N–H and O–H groups in total. The highest BCUT2D eigenvalue weighted by molar-refractivity contribution is 6.30. The molecular weight excluding hydrogens is 204 g/mol. The molecule has 0 aliphatic carbocycles. The molecule has 0 bridgehead atoms. The first kappa shape index (κ1) is 10.9. The summed E-state index contributed by atoms with van der Waals surface area (Å²) >= 11 is 5.72. The van der Waals surface area contributed by atoms with Crippen LogP contribution in [0.2, 0.25) is 5.02 Å². The maximum Gasteiger partial charge on any atom is 0.344 e. The topological polar surface area (TPSA) is 46.5 Å². The molecule has 0 aliphatic rings. The van der Waals surface area contributed by atoms with Gasteiger partial charge in [0.2, 0.25) is 0 Å². The third-order valence-corrected chi connectivity index (χ3v) is 1.96. The van der Waals surface area contributed by atoms with Crippen LogP contribution in [0.3, 0.4) is 0 Å². The lowest BCUT2D eigenvalue weighted by Crippen LogP contribution is -2.25. The van der Waals surface area contributed by atoms with E-state index in [1.54, 1.807) is 31.2 Å². The highest BCUT2D eigenvalue weighted by atomic mass is 35.5. The van der Waals surface area contributed by atoms with Crippen molar-refractivity contribution in [2.75, 3.05) is 0 Å². The molecule has 0 fully saturated rings. The van der Waals surface area contributed by atoms with Crippen LogP contribution in [-0.2, 0) is 4.79 Å². The van der Waals surface area contributed by atoms with Crippen LogP contribution >= 0.6 is 11.6 Å². The van der Waals surface area contributed by atoms with Gasteiger partial charge in [0.1, 0.15) is 5.75 Å². The van der Waals surface area contributed by atoms with Crippen LogP contribution in [0, 0.1) is 0 Å². The smallest absolute Gasteiger partial charge is 0.344 e. The van der Waals surface area contributed by atoms with E-state index in [9.17, 15) is 4.79 Å². The maximum absolute atomic E-state index is 10.7. The molecule has 1 aromatic carbocycles. The molecule has 1 aromatic rings. The van der Waals surface area contributed by atoms with Crippen LogP contribution in [0.1, 0.15) is 13.3 Å². The van der Waals surface area contributed by atoms with Crippen LogP contribution < -0.4 is 4.74 Å². The van der Waals surface area contributed by atoms with E-state index in [0.717, 1.165) is 0 Å². The largest absolute Gasteiger partial charge is 0.479 e. The molecule has 4 heteroatoms. The number of carbonyl (C=O) groups is 1. The molecule has 0 aromatic heterocycles. The summed E-state index contributed by atoms with van der Waals surface area (Å²) in [7, 11) is 0. The molecule has 0 spiro atoms. The Labute approximate surface area is 87.3 Å². The fourth-order valence-corrected chi connectivity index (χ4v) is 1.19. The summed E-state index contributed by atoms with van der Waals surface area (Å²) < 4.78 is 5.22. The first-order chi connectivity index (χ1) is 6.63. The number of ether oxygens (including phenoxy) is 1. The normalized spacial score (nSPS) is 12.1. The summed E-state index contributed by atoms with van der Waals surface area (Å²) in [6.07, 6.45) is -0.393. The second-order valence-electron chi connectivity index (χ2n) is 2.81. The Bertz CT molecular complexity index is 325. The van der Waals surface area contributed by atoms with Crippen molar-refractivity contribution < 1.29 is 14.6 Å². The monoisotopic (exact) mass is 214 g/mol. The summed E-state index contributed by atoms with van der Waals surface area (Å²) in [4.78, 5) is 10.7. The van der Waals surface area contributed by atoms with E-state index in [0.29, 0.717) is 17.2 Å². The molecule has 0 heterocycles. The van der Waals surface area contributed by atoms with Gasteiger partial charge in [-0.2, -0.15) is 0 Å². The molecule has 14 heavy (non-hydrogen) atoms. The van der Waals surface area contributed by atoms with Gasteiger partial charge in [-0.05, 0) is 24.6 Å². The summed E-state index contributed by atoms with van der Waals surface area (Å²) in [5.41, 5.74) is 0. The van der Waals surface area contributed by atoms with Crippen molar-refractivity contribution in [1.29, 1.82) is 0 Å². The Morgan fingerprint density at radius 1 is 1.64 bits per heavy atom. The summed E-state index contributed by atoms with van der Waals surface area (Å²) in [5.74, 6) is -0.487. The predicted molar refractivity (Wildman–Crippen MR) is 53.8 cm³/mol. The average Bonchev–Trinajstić information content (AvgIpc) is 2.14. The second-order valence-corrected chi connectivity index (χ2v) is 3.25. The van der Waals surface area contributed by atoms with Gasteiger partial charge in [-0.3, -0.25) is 0 Å². The van der Waals surface area contributed by atoms with Gasteiger partial charge in [0.15, 0.2) is 6.10 Å². The summed E-state index contributed by atoms with van der Waals surface area (Å²) in [6.45, 7) is 1.75. The van der Waals surface area contributed by atoms with Crippen molar-refractivity contribution >= 4 is 17.6 Å². The van der Waals surface area contributed by atoms with E-state index in [4.69, 9.17) is 21.4 Å². The zero-order chi connectivity index (χ0) is 10.6. The van der Waals surface area contributed by atoms with E-state index < -0.39 is 12.1 Å². The van der Waals surface area contributed by atoms with Gasteiger partial charge in [-0.15, -0.1) is 0 Å². The van der Waals surface area contributed by atoms with Gasteiger partial charge in [0, 0.05) is 5.02 Å². The zero-order valence-corrected chi connectivity index (χ0v) is 8.49. The SMILES string of the molecule is CCC(Oc1cccc(Cl)c1)C(=O)O. The van der Waals surface area contributed by atoms with Crippen molar-refractivity contribution in [3.05, 3.63) is 29.3 Å². The number of aliphatic carboxylic acids is 1. The predicted octanol–water partition coefficient (Wildman–Crippen LogP) is 2.58. The maximum atomic E-state index is 10.7. The average molecular weight is 215 g/mol. The molecule has 76 valence electrons. The Morgan fingerprint density at radius 2 is 2.36 bits per heavy atom. The molecule has 3 nitrogen and oxygen atoms in total. The number of hydrogen-bond donors (Lipinski definition) is 1. The third kappa shape index (κ3) is 2.92. The molecule has 0 saturated heterocycles. The van der Waals surface area contributed by atoms with E-state index in [2.05, 4.69) is 0 Å². The summed E-state index contributed by atoms with van der Waals surface area (Å²) in [6, 6.07) is 6.69. The molecule has 1 unspecified atom stereocenters. The van der Waals surface area contributed by atoms with E-state index in [1.807, 2.05) is 0 Å². The highest BCUT2D eigenvalue weighted by Crippen LogP contribution is 2.19. The number of hydrogen-bond acceptors (Lipinski definition) is 2. The molecular formula is C10H11ClO3. The fraction of sp³-hybridized carbons (Fsp3) is 0.300. The van der Waals surface area contributed by atoms with Crippen molar-refractivity contribution in [2.24, 2.45) is 0 Å². The minimum atomic E-state index is -0.965. The lowest BCUT2D eigenvalue weighted by Gasteiger charge is -2.12. The van der Waals surface area contributed by atoms with Gasteiger partial charge < -0.3 is 9.84 Å². The van der Waals surface area contributed by atoms with Crippen molar-refractivity contribution in [3.8, 4) is 5.75 Å². The lowest BCUT2D eigenvalue weighted by atomic mass is 10.3. The zero-order valence-electron chi connectivity index (χ0n) is 7.74. The quantitative estimate of drug-likeness (QED) is 0.838. The number of rotatable bonds is 4. The highest BCUT2D eigenvalue weighted by Gasteiger charge is 2.16. The minimum Gasteiger partial charge on any atom is -0.479 e. The minimum absolute atomic E-state index is 0.418. The van der Waals surface area contributed by atoms with Crippen molar-refractivity contribution in [1.82, 2.24) is 0 Å². The molecule has 0 aliphatic heterocycles. The van der Waals surface area contributed by atoms with Crippen molar-refractivity contribution in [3.63, 3.8) is 0 Å². The van der Waals surface area contributed by atoms with Gasteiger partial charge in [-0.1, -0.05) is 24.6 Å². The Hall–Kier alpha value is -1.22. The number of halogens is 1. The standard InChI is InChI=1S/C10H11ClO3/c1-2-9(10(12)13)14-8-5-3-4-7(11)6-8/h3-6,9H,2H2,1H3,(H,12,13). The van der Waals surface area contributed by atoms with Crippen LogP contribution in [0.15, 0.2) is 24.3 Å². The van der Waals surface area contributed by atoms with Gasteiger partial charge in [0.05, 0.1) is 0 Å². The fourth-order valence-electron chi connectivity index (χ4n) is 1.01. The number of benzene rings is 1. The molecule has 0 amide bonds. The molecule has 0 radical (unpaired) electrons. The number of carboxylic acid groups (broad SMARTS) is 1. The summed E-state index contributed by atoms with van der Waals surface area (Å²) in [5, 5.41) is 9.28. The van der Waals surface area contributed by atoms with Crippen LogP contribution in [0.25, 0.3) is 0 Å². The van der Waals surface area contributed by atoms with Gasteiger partial charge in [-0.25, -0.2) is 4.79 Å². The number of carboxylic acids is 1. The second kappa shape index (κ2) is 4.86. The van der Waals surface area contributed by atoms with Gasteiger partial charge in [0.25, 0.3) is 0 Å². The van der Waals surface area contributed by atoms with Crippen LogP contribution in [0.5, 0.6) is 5.75 Å². The van der Waals surface area contributed by atoms with E-state index in [-0.39, 0.29) is 0 Å². The Kier molecular flexibility index (Phi) is 3.77. The lowest BCUT2D eigenvalue weighted by molar-refractivity contribution is -0.145. The Balaban J connectivity index is 2.72. The first-order valence-electron chi connectivity index (χ1n) is 4.28. The van der Waals surface area contributed by atoms with Crippen LogP contribution in [0.4, 0.5) is 0 Å². The molecule has 0 saturated carbocycles. The van der Waals surface area contributed by atoms with Crippen LogP contribution in [-0.4, -0.2) is 17.2 Å². The van der Waals surface area contributed by atoms with E-state index >= 15 is 0 Å². The van der Waals surface area contributed by atoms with Crippen molar-refractivity contribution in [2.45, 2.75) is 19.4 Å². The molecule has 1 atom stereocenters. The Morgan fingerprint density at radius 3 is 2.86 bits per heavy atom.